The smallest absolute Gasteiger partial charge is 0.224 e. The molecule has 0 unspecified atom stereocenters. The first-order valence-electron chi connectivity index (χ1n) is 5.35. The molecule has 1 aromatic rings. The van der Waals surface area contributed by atoms with E-state index in [-0.39, 0.29) is 12.3 Å². The molecule has 1 N–H and O–H groups in total. The molecular formula is C11H12F2N4O. The van der Waals surface area contributed by atoms with Crippen LogP contribution in [0.5, 0.6) is 0 Å². The van der Waals surface area contributed by atoms with Gasteiger partial charge in [0, 0.05) is 18.0 Å². The highest BCUT2D eigenvalue weighted by molar-refractivity contribution is 5.78. The van der Waals surface area contributed by atoms with Crippen molar-refractivity contribution in [2.75, 3.05) is 13.1 Å². The van der Waals surface area contributed by atoms with Gasteiger partial charge in [0.1, 0.15) is 0 Å². The number of halogens is 2. The number of hydrogen-bond acceptors (Lipinski definition) is 2. The summed E-state index contributed by atoms with van der Waals surface area (Å²) in [4.78, 5) is 14.0. The van der Waals surface area contributed by atoms with Gasteiger partial charge in [0.2, 0.25) is 5.91 Å². The largest absolute Gasteiger partial charge is 0.356 e. The van der Waals surface area contributed by atoms with Crippen molar-refractivity contribution in [2.24, 2.45) is 5.11 Å². The fourth-order valence-electron chi connectivity index (χ4n) is 1.32. The van der Waals surface area contributed by atoms with E-state index in [0.29, 0.717) is 25.1 Å². The first-order chi connectivity index (χ1) is 8.63. The van der Waals surface area contributed by atoms with Crippen LogP contribution in [0.2, 0.25) is 0 Å². The van der Waals surface area contributed by atoms with E-state index in [4.69, 9.17) is 5.53 Å². The molecule has 0 radical (unpaired) electrons. The van der Waals surface area contributed by atoms with Crippen LogP contribution in [0.3, 0.4) is 0 Å². The van der Waals surface area contributed by atoms with Gasteiger partial charge in [-0.3, -0.25) is 4.79 Å². The van der Waals surface area contributed by atoms with Crippen molar-refractivity contribution in [1.29, 1.82) is 0 Å². The van der Waals surface area contributed by atoms with Crippen LogP contribution >= 0.6 is 0 Å². The Morgan fingerprint density at radius 1 is 1.39 bits per heavy atom. The van der Waals surface area contributed by atoms with Gasteiger partial charge in [-0.1, -0.05) is 11.2 Å². The lowest BCUT2D eigenvalue weighted by Crippen LogP contribution is -2.26. The van der Waals surface area contributed by atoms with Crippen LogP contribution in [-0.2, 0) is 11.2 Å². The highest BCUT2D eigenvalue weighted by atomic mass is 19.2. The molecule has 1 rings (SSSR count). The van der Waals surface area contributed by atoms with Gasteiger partial charge < -0.3 is 5.32 Å². The summed E-state index contributed by atoms with van der Waals surface area (Å²) in [7, 11) is 0. The summed E-state index contributed by atoms with van der Waals surface area (Å²) < 4.78 is 25.5. The van der Waals surface area contributed by atoms with Crippen LogP contribution in [0, 0.1) is 11.6 Å². The lowest BCUT2D eigenvalue weighted by molar-refractivity contribution is -0.120. The summed E-state index contributed by atoms with van der Waals surface area (Å²) in [6.45, 7) is 0.684. The van der Waals surface area contributed by atoms with Gasteiger partial charge in [0.25, 0.3) is 0 Å². The Labute approximate surface area is 102 Å². The Morgan fingerprint density at radius 3 is 2.83 bits per heavy atom. The van der Waals surface area contributed by atoms with E-state index in [1.165, 1.54) is 6.07 Å². The number of carbonyl (C=O) groups is 1. The number of benzene rings is 1. The number of amides is 1. The fourth-order valence-corrected chi connectivity index (χ4v) is 1.32. The molecule has 0 saturated carbocycles. The molecule has 0 spiro atoms. The first kappa shape index (κ1) is 13.9. The highest BCUT2D eigenvalue weighted by Crippen LogP contribution is 2.09. The molecule has 7 heteroatoms. The van der Waals surface area contributed by atoms with Gasteiger partial charge in [-0.15, -0.1) is 0 Å². The van der Waals surface area contributed by atoms with Crippen LogP contribution in [0.25, 0.3) is 10.4 Å². The standard InChI is InChI=1S/C11H12F2N4O/c12-9-3-2-8(6-10(9)13)7-11(18)15-4-1-5-16-17-14/h2-3,6H,1,4-5,7H2,(H,15,18). The van der Waals surface area contributed by atoms with Crippen molar-refractivity contribution in [2.45, 2.75) is 12.8 Å². The summed E-state index contributed by atoms with van der Waals surface area (Å²) in [6, 6.07) is 3.34. The minimum absolute atomic E-state index is 0.0152. The van der Waals surface area contributed by atoms with Gasteiger partial charge >= 0.3 is 0 Å². The van der Waals surface area contributed by atoms with E-state index in [9.17, 15) is 13.6 Å². The molecule has 0 atom stereocenters. The maximum absolute atomic E-state index is 12.9. The van der Waals surface area contributed by atoms with Crippen LogP contribution in [0.4, 0.5) is 8.78 Å². The number of nitrogens with one attached hydrogen (secondary N) is 1. The average molecular weight is 254 g/mol. The van der Waals surface area contributed by atoms with Gasteiger partial charge in [0.05, 0.1) is 6.42 Å². The molecule has 0 aliphatic rings. The quantitative estimate of drug-likeness (QED) is 0.359. The van der Waals surface area contributed by atoms with Gasteiger partial charge in [-0.25, -0.2) is 8.78 Å². The zero-order chi connectivity index (χ0) is 13.4. The molecule has 1 aromatic carbocycles. The minimum Gasteiger partial charge on any atom is -0.356 e. The normalized spacial score (nSPS) is 9.67. The number of carbonyl (C=O) groups excluding carboxylic acids is 1. The van der Waals surface area contributed by atoms with Crippen LogP contribution in [-0.4, -0.2) is 19.0 Å². The van der Waals surface area contributed by atoms with Crippen molar-refractivity contribution < 1.29 is 13.6 Å². The maximum Gasteiger partial charge on any atom is 0.224 e. The molecule has 0 aliphatic heterocycles. The van der Waals surface area contributed by atoms with Crippen molar-refractivity contribution in [3.63, 3.8) is 0 Å². The molecule has 0 bridgehead atoms. The zero-order valence-electron chi connectivity index (χ0n) is 9.57. The van der Waals surface area contributed by atoms with E-state index in [1.54, 1.807) is 0 Å². The molecule has 0 saturated heterocycles. The molecule has 0 fully saturated rings. The third kappa shape index (κ3) is 4.80. The first-order valence-corrected chi connectivity index (χ1v) is 5.35. The highest BCUT2D eigenvalue weighted by Gasteiger charge is 2.06. The molecule has 1 amide bonds. The summed E-state index contributed by atoms with van der Waals surface area (Å²) in [6.07, 6.45) is 0.520. The van der Waals surface area contributed by atoms with Gasteiger partial charge in [0.15, 0.2) is 11.6 Å². The zero-order valence-corrected chi connectivity index (χ0v) is 9.57. The number of azide groups is 1. The van der Waals surface area contributed by atoms with Crippen molar-refractivity contribution in [3.05, 3.63) is 45.8 Å². The second-order valence-electron chi connectivity index (χ2n) is 3.58. The van der Waals surface area contributed by atoms with Crippen molar-refractivity contribution in [1.82, 2.24) is 5.32 Å². The SMILES string of the molecule is [N-]=[N+]=NCCCNC(=O)Cc1ccc(F)c(F)c1. The third-order valence-corrected chi connectivity index (χ3v) is 2.17. The predicted octanol–water partition coefficient (Wildman–Crippen LogP) is 2.32. The molecule has 5 nitrogen and oxygen atoms in total. The molecule has 0 aliphatic carbocycles. The summed E-state index contributed by atoms with van der Waals surface area (Å²) in [5, 5.41) is 5.90. The van der Waals surface area contributed by atoms with Crippen molar-refractivity contribution >= 4 is 5.91 Å². The molecule has 0 aromatic heterocycles. The summed E-state index contributed by atoms with van der Waals surface area (Å²) in [5.41, 5.74) is 8.43. The van der Waals surface area contributed by atoms with E-state index in [2.05, 4.69) is 15.3 Å². The Balaban J connectivity index is 2.35. The molecule has 0 heterocycles. The molecule has 96 valence electrons. The molecule has 18 heavy (non-hydrogen) atoms. The van der Waals surface area contributed by atoms with Crippen LogP contribution < -0.4 is 5.32 Å². The lowest BCUT2D eigenvalue weighted by atomic mass is 10.1. The number of hydrogen-bond donors (Lipinski definition) is 1. The summed E-state index contributed by atoms with van der Waals surface area (Å²) >= 11 is 0. The lowest BCUT2D eigenvalue weighted by Gasteiger charge is -2.04. The third-order valence-electron chi connectivity index (χ3n) is 2.17. The second-order valence-corrected chi connectivity index (χ2v) is 3.58. The Bertz CT molecular complexity index is 472. The van der Waals surface area contributed by atoms with Crippen molar-refractivity contribution in [3.8, 4) is 0 Å². The summed E-state index contributed by atoms with van der Waals surface area (Å²) in [5.74, 6) is -2.20. The Hall–Kier alpha value is -2.14. The molecular weight excluding hydrogens is 242 g/mol. The van der Waals surface area contributed by atoms with Gasteiger partial charge in [-0.2, -0.15) is 0 Å². The van der Waals surface area contributed by atoms with Crippen LogP contribution in [0.1, 0.15) is 12.0 Å². The average Bonchev–Trinajstić information content (AvgIpc) is 2.34. The topological polar surface area (TPSA) is 77.9 Å². The fraction of sp³-hybridized carbons (Fsp3) is 0.364. The maximum atomic E-state index is 12.9. The monoisotopic (exact) mass is 254 g/mol. The minimum atomic E-state index is -0.969. The number of rotatable bonds is 6. The Kier molecular flexibility index (Phi) is 5.60. The van der Waals surface area contributed by atoms with E-state index in [0.717, 1.165) is 12.1 Å². The van der Waals surface area contributed by atoms with E-state index < -0.39 is 11.6 Å². The Morgan fingerprint density at radius 2 is 2.17 bits per heavy atom. The second kappa shape index (κ2) is 7.24. The van der Waals surface area contributed by atoms with Gasteiger partial charge in [-0.05, 0) is 29.6 Å². The van der Waals surface area contributed by atoms with E-state index >= 15 is 0 Å². The predicted molar refractivity (Wildman–Crippen MR) is 61.7 cm³/mol. The van der Waals surface area contributed by atoms with E-state index in [1.807, 2.05) is 0 Å². The number of nitrogens with zero attached hydrogens (tertiary/aromatic N) is 3. The van der Waals surface area contributed by atoms with Crippen LogP contribution in [0.15, 0.2) is 23.3 Å².